The molecule has 0 saturated carbocycles. The first-order valence-electron chi connectivity index (χ1n) is 10.0. The van der Waals surface area contributed by atoms with Crippen LogP contribution in [0.5, 0.6) is 0 Å². The average Bonchev–Trinajstić information content (AvgIpc) is 2.86. The lowest BCUT2D eigenvalue weighted by molar-refractivity contribution is -0.137. The number of hydrogen-bond acceptors (Lipinski definition) is 5. The van der Waals surface area contributed by atoms with E-state index in [0.29, 0.717) is 5.56 Å². The van der Waals surface area contributed by atoms with Gasteiger partial charge in [0.1, 0.15) is 6.54 Å². The summed E-state index contributed by atoms with van der Waals surface area (Å²) in [6, 6.07) is 8.48. The van der Waals surface area contributed by atoms with Gasteiger partial charge in [0.15, 0.2) is 6.10 Å². The van der Waals surface area contributed by atoms with Crippen molar-refractivity contribution in [2.45, 2.75) is 19.2 Å². The number of methoxy groups -OCH3 is 1. The van der Waals surface area contributed by atoms with Gasteiger partial charge in [-0.1, -0.05) is 6.07 Å². The van der Waals surface area contributed by atoms with Gasteiger partial charge in [-0.25, -0.2) is 4.98 Å². The number of nitrogens with zero attached hydrogens (tertiary/aromatic N) is 3. The number of carbonyl (C=O) groups excluding carboxylic acids is 2. The number of aryl methyl sites for hydroxylation is 1. The van der Waals surface area contributed by atoms with E-state index in [-0.39, 0.29) is 28.3 Å². The second-order valence-electron chi connectivity index (χ2n) is 7.55. The summed E-state index contributed by atoms with van der Waals surface area (Å²) in [4.78, 5) is 35.3. The molecular formula is C23H18F4N4O3. The van der Waals surface area contributed by atoms with Gasteiger partial charge in [-0.15, -0.1) is 0 Å². The highest BCUT2D eigenvalue weighted by Gasteiger charge is 2.38. The third kappa shape index (κ3) is 4.34. The SMILES string of the molecule is COC1C(=O)N(CC(=O)Nc2ccc(C(F)(F)F)cc2)c2cc(C)nc(F)c2-c2cccnc21. The van der Waals surface area contributed by atoms with E-state index in [4.69, 9.17) is 4.74 Å². The molecule has 0 fully saturated rings. The Balaban J connectivity index is 1.70. The van der Waals surface area contributed by atoms with Gasteiger partial charge in [-0.05, 0) is 43.3 Å². The number of carbonyl (C=O) groups is 2. The first-order valence-corrected chi connectivity index (χ1v) is 10.0. The van der Waals surface area contributed by atoms with Gasteiger partial charge < -0.3 is 10.1 Å². The monoisotopic (exact) mass is 474 g/mol. The summed E-state index contributed by atoms with van der Waals surface area (Å²) in [6.07, 6.45) is -4.30. The van der Waals surface area contributed by atoms with Crippen LogP contribution in [0, 0.1) is 12.9 Å². The maximum atomic E-state index is 15.0. The van der Waals surface area contributed by atoms with Crippen molar-refractivity contribution in [3.8, 4) is 11.1 Å². The van der Waals surface area contributed by atoms with Gasteiger partial charge in [0, 0.05) is 30.3 Å². The Kier molecular flexibility index (Phi) is 6.05. The molecule has 2 aromatic heterocycles. The molecule has 7 nitrogen and oxygen atoms in total. The summed E-state index contributed by atoms with van der Waals surface area (Å²) in [5.74, 6) is -2.21. The van der Waals surface area contributed by atoms with E-state index in [1.54, 1.807) is 12.1 Å². The molecule has 3 aromatic rings. The maximum Gasteiger partial charge on any atom is 0.416 e. The summed E-state index contributed by atoms with van der Waals surface area (Å²) in [6.45, 7) is 0.987. The highest BCUT2D eigenvalue weighted by molar-refractivity contribution is 6.08. The number of fused-ring (bicyclic) bond motifs is 3. The molecule has 4 rings (SSSR count). The van der Waals surface area contributed by atoms with Crippen molar-refractivity contribution in [3.05, 3.63) is 71.6 Å². The topological polar surface area (TPSA) is 84.4 Å². The van der Waals surface area contributed by atoms with Crippen LogP contribution in [0.15, 0.2) is 48.7 Å². The summed E-state index contributed by atoms with van der Waals surface area (Å²) < 4.78 is 58.7. The van der Waals surface area contributed by atoms with Crippen molar-refractivity contribution in [1.29, 1.82) is 0 Å². The van der Waals surface area contributed by atoms with Crippen molar-refractivity contribution in [1.82, 2.24) is 9.97 Å². The number of rotatable bonds is 4. The summed E-state index contributed by atoms with van der Waals surface area (Å²) >= 11 is 0. The number of nitrogens with one attached hydrogen (secondary N) is 1. The molecular weight excluding hydrogens is 456 g/mol. The number of hydrogen-bond donors (Lipinski definition) is 1. The van der Waals surface area contributed by atoms with Gasteiger partial charge in [0.25, 0.3) is 5.91 Å². The molecule has 0 saturated heterocycles. The first-order chi connectivity index (χ1) is 16.1. The van der Waals surface area contributed by atoms with E-state index in [9.17, 15) is 22.8 Å². The third-order valence-corrected chi connectivity index (χ3v) is 5.25. The Hall–Kier alpha value is -3.86. The Morgan fingerprint density at radius 2 is 1.91 bits per heavy atom. The number of amides is 2. The standard InChI is InChI=1S/C23H18F4N4O3/c1-12-10-16-18(21(24)29-12)15-4-3-9-28-19(15)20(34-2)22(33)31(16)11-17(32)30-14-7-5-13(6-8-14)23(25,26)27/h3-10,20H,11H2,1-2H3,(H,30,32). The van der Waals surface area contributed by atoms with E-state index < -0.39 is 42.2 Å². The first kappa shape index (κ1) is 23.3. The predicted molar refractivity (Wildman–Crippen MR) is 114 cm³/mol. The average molecular weight is 474 g/mol. The number of pyridine rings is 2. The molecule has 0 bridgehead atoms. The molecule has 1 atom stereocenters. The normalized spacial score (nSPS) is 15.4. The van der Waals surface area contributed by atoms with E-state index >= 15 is 4.39 Å². The highest BCUT2D eigenvalue weighted by atomic mass is 19.4. The summed E-state index contributed by atoms with van der Waals surface area (Å²) in [5, 5.41) is 2.46. The Morgan fingerprint density at radius 1 is 1.21 bits per heavy atom. The quantitative estimate of drug-likeness (QED) is 0.451. The molecule has 0 radical (unpaired) electrons. The Morgan fingerprint density at radius 3 is 2.56 bits per heavy atom. The van der Waals surface area contributed by atoms with Gasteiger partial charge in [-0.3, -0.25) is 19.5 Å². The van der Waals surface area contributed by atoms with Crippen LogP contribution in [0.25, 0.3) is 11.1 Å². The molecule has 3 heterocycles. The van der Waals surface area contributed by atoms with E-state index in [1.165, 1.54) is 26.3 Å². The van der Waals surface area contributed by atoms with Crippen LogP contribution in [0.4, 0.5) is 28.9 Å². The predicted octanol–water partition coefficient (Wildman–Crippen LogP) is 4.28. The zero-order valence-electron chi connectivity index (χ0n) is 18.0. The minimum atomic E-state index is -4.51. The lowest BCUT2D eigenvalue weighted by Gasteiger charge is -2.25. The fraction of sp³-hybridized carbons (Fsp3) is 0.217. The molecule has 176 valence electrons. The van der Waals surface area contributed by atoms with E-state index in [2.05, 4.69) is 15.3 Å². The van der Waals surface area contributed by atoms with Crippen molar-refractivity contribution in [2.24, 2.45) is 0 Å². The van der Waals surface area contributed by atoms with Crippen molar-refractivity contribution in [2.75, 3.05) is 23.9 Å². The Labute approximate surface area is 191 Å². The molecule has 0 spiro atoms. The van der Waals surface area contributed by atoms with Crippen molar-refractivity contribution >= 4 is 23.2 Å². The zero-order valence-corrected chi connectivity index (χ0v) is 18.0. The smallest absolute Gasteiger partial charge is 0.365 e. The number of anilines is 2. The lowest BCUT2D eigenvalue weighted by Crippen LogP contribution is -2.41. The zero-order chi connectivity index (χ0) is 24.6. The molecule has 34 heavy (non-hydrogen) atoms. The van der Waals surface area contributed by atoms with Crippen LogP contribution >= 0.6 is 0 Å². The molecule has 1 aromatic carbocycles. The lowest BCUT2D eigenvalue weighted by atomic mass is 10.0. The number of alkyl halides is 3. The molecule has 0 aliphatic carbocycles. The molecule has 1 N–H and O–H groups in total. The highest BCUT2D eigenvalue weighted by Crippen LogP contribution is 2.41. The van der Waals surface area contributed by atoms with Crippen LogP contribution in [-0.4, -0.2) is 35.4 Å². The van der Waals surface area contributed by atoms with Gasteiger partial charge >= 0.3 is 6.18 Å². The second-order valence-corrected chi connectivity index (χ2v) is 7.55. The summed E-state index contributed by atoms with van der Waals surface area (Å²) in [5.41, 5.74) is 0.0770. The van der Waals surface area contributed by atoms with E-state index in [1.807, 2.05) is 0 Å². The minimum Gasteiger partial charge on any atom is -0.365 e. The number of aromatic nitrogens is 2. The van der Waals surface area contributed by atoms with Crippen LogP contribution in [0.2, 0.25) is 0 Å². The molecule has 11 heteroatoms. The fourth-order valence-electron chi connectivity index (χ4n) is 3.76. The van der Waals surface area contributed by atoms with Crippen LogP contribution in [0.1, 0.15) is 23.1 Å². The molecule has 1 unspecified atom stereocenters. The van der Waals surface area contributed by atoms with Gasteiger partial charge in [-0.2, -0.15) is 17.6 Å². The molecule has 1 aliphatic heterocycles. The third-order valence-electron chi connectivity index (χ3n) is 5.25. The largest absolute Gasteiger partial charge is 0.416 e. The maximum absolute atomic E-state index is 15.0. The summed E-state index contributed by atoms with van der Waals surface area (Å²) in [7, 11) is 1.29. The van der Waals surface area contributed by atoms with Crippen LogP contribution < -0.4 is 10.2 Å². The van der Waals surface area contributed by atoms with Gasteiger partial charge in [0.2, 0.25) is 11.9 Å². The van der Waals surface area contributed by atoms with Crippen molar-refractivity contribution in [3.63, 3.8) is 0 Å². The van der Waals surface area contributed by atoms with Crippen molar-refractivity contribution < 1.29 is 31.9 Å². The number of ether oxygens (including phenoxy) is 1. The molecule has 1 aliphatic rings. The number of halogens is 4. The van der Waals surface area contributed by atoms with Crippen LogP contribution in [0.3, 0.4) is 0 Å². The minimum absolute atomic E-state index is 0.0102. The number of benzene rings is 1. The second kappa shape index (κ2) is 8.82. The molecule has 2 amide bonds. The van der Waals surface area contributed by atoms with Crippen LogP contribution in [-0.2, 0) is 20.5 Å². The fourth-order valence-corrected chi connectivity index (χ4v) is 3.76. The van der Waals surface area contributed by atoms with Gasteiger partial charge in [0.05, 0.1) is 22.5 Å². The Bertz CT molecular complexity index is 1260. The van der Waals surface area contributed by atoms with E-state index in [0.717, 1.165) is 29.2 Å².